The molecule has 0 spiro atoms. The number of nitrogens with zero attached hydrogens (tertiary/aromatic N) is 1. The van der Waals surface area contributed by atoms with Crippen molar-refractivity contribution in [3.8, 4) is 11.8 Å². The van der Waals surface area contributed by atoms with Gasteiger partial charge in [-0.25, -0.2) is 8.42 Å². The predicted octanol–water partition coefficient (Wildman–Crippen LogP) is 4.00. The fraction of sp³-hybridized carbons (Fsp3) is 0.118. The zero-order valence-electron chi connectivity index (χ0n) is 12.6. The largest absolute Gasteiger partial charge is 0.496 e. The Morgan fingerprint density at radius 1 is 1.22 bits per heavy atom. The number of nitriles is 1. The van der Waals surface area contributed by atoms with Crippen molar-refractivity contribution in [2.24, 2.45) is 0 Å². The summed E-state index contributed by atoms with van der Waals surface area (Å²) in [6.45, 7) is 1.84. The molecule has 0 atom stereocenters. The maximum Gasteiger partial charge on any atom is 0.216 e. The van der Waals surface area contributed by atoms with Crippen LogP contribution in [0.3, 0.4) is 0 Å². The summed E-state index contributed by atoms with van der Waals surface area (Å²) in [4.78, 5) is -0.302. The maximum atomic E-state index is 12.5. The first-order chi connectivity index (χ1) is 10.9. The molecule has 0 N–H and O–H groups in total. The van der Waals surface area contributed by atoms with Crippen LogP contribution < -0.4 is 4.74 Å². The fourth-order valence-electron chi connectivity index (χ4n) is 2.05. The van der Waals surface area contributed by atoms with Crippen molar-refractivity contribution >= 4 is 27.5 Å². The number of ether oxygens (including phenoxy) is 1. The number of halogens is 1. The Hall–Kier alpha value is -2.29. The number of hydrogen-bond acceptors (Lipinski definition) is 4. The third kappa shape index (κ3) is 3.73. The van der Waals surface area contributed by atoms with E-state index in [4.69, 9.17) is 16.3 Å². The Kier molecular flexibility index (Phi) is 5.09. The van der Waals surface area contributed by atoms with Crippen molar-refractivity contribution < 1.29 is 13.2 Å². The first kappa shape index (κ1) is 17.1. The van der Waals surface area contributed by atoms with Crippen LogP contribution in [0.5, 0.6) is 5.75 Å². The summed E-state index contributed by atoms with van der Waals surface area (Å²) >= 11 is 5.76. The van der Waals surface area contributed by atoms with Crippen LogP contribution in [0.1, 0.15) is 11.1 Å². The predicted molar refractivity (Wildman–Crippen MR) is 90.0 cm³/mol. The molecule has 6 heteroatoms. The molecule has 0 fully saturated rings. The number of hydrogen-bond donors (Lipinski definition) is 0. The summed E-state index contributed by atoms with van der Waals surface area (Å²) in [5.41, 5.74) is 1.46. The number of sulfone groups is 1. The summed E-state index contributed by atoms with van der Waals surface area (Å²) in [6.07, 6.45) is 1.34. The number of rotatable bonds is 4. The first-order valence-corrected chi connectivity index (χ1v) is 8.51. The molecule has 0 unspecified atom stereocenters. The van der Waals surface area contributed by atoms with Gasteiger partial charge in [-0.15, -0.1) is 0 Å². The average molecular weight is 348 g/mol. The Balaban J connectivity index is 2.48. The van der Waals surface area contributed by atoms with Crippen molar-refractivity contribution in [1.82, 2.24) is 0 Å². The molecule has 0 aliphatic carbocycles. The van der Waals surface area contributed by atoms with Crippen molar-refractivity contribution in [2.45, 2.75) is 11.8 Å². The topological polar surface area (TPSA) is 67.2 Å². The lowest BCUT2D eigenvalue weighted by atomic mass is 10.1. The van der Waals surface area contributed by atoms with Gasteiger partial charge in [0.2, 0.25) is 9.84 Å². The van der Waals surface area contributed by atoms with Crippen LogP contribution in [0.2, 0.25) is 5.02 Å². The van der Waals surface area contributed by atoms with Gasteiger partial charge in [0.25, 0.3) is 0 Å². The second-order valence-corrected chi connectivity index (χ2v) is 7.16. The SMILES string of the molecule is COc1ccc(/C=C(\C#N)S(=O)(=O)c2ccc(Cl)cc2)cc1C. The molecular formula is C17H14ClNO3S. The van der Waals surface area contributed by atoms with Crippen LogP contribution in [0.15, 0.2) is 52.3 Å². The van der Waals surface area contributed by atoms with Gasteiger partial charge in [0, 0.05) is 5.02 Å². The van der Waals surface area contributed by atoms with E-state index in [1.165, 1.54) is 30.3 Å². The molecular weight excluding hydrogens is 334 g/mol. The van der Waals surface area contributed by atoms with Gasteiger partial charge in [0.05, 0.1) is 12.0 Å². The Morgan fingerprint density at radius 2 is 1.87 bits per heavy atom. The lowest BCUT2D eigenvalue weighted by molar-refractivity contribution is 0.411. The third-order valence-electron chi connectivity index (χ3n) is 3.24. The summed E-state index contributed by atoms with van der Waals surface area (Å²) < 4.78 is 30.2. The second-order valence-electron chi connectivity index (χ2n) is 4.81. The first-order valence-electron chi connectivity index (χ1n) is 6.65. The van der Waals surface area contributed by atoms with E-state index in [0.717, 1.165) is 5.56 Å². The zero-order valence-corrected chi connectivity index (χ0v) is 14.1. The lowest BCUT2D eigenvalue weighted by Crippen LogP contribution is -2.03. The molecule has 4 nitrogen and oxygen atoms in total. The van der Waals surface area contributed by atoms with Gasteiger partial charge in [0.1, 0.15) is 16.7 Å². The van der Waals surface area contributed by atoms with Gasteiger partial charge in [-0.2, -0.15) is 5.26 Å². The van der Waals surface area contributed by atoms with Crippen molar-refractivity contribution in [2.75, 3.05) is 7.11 Å². The number of aryl methyl sites for hydroxylation is 1. The summed E-state index contributed by atoms with van der Waals surface area (Å²) in [6, 6.07) is 12.6. The molecule has 2 aromatic carbocycles. The minimum absolute atomic E-state index is 0.0277. The van der Waals surface area contributed by atoms with Gasteiger partial charge in [-0.1, -0.05) is 17.7 Å². The van der Waals surface area contributed by atoms with Crippen LogP contribution in [-0.4, -0.2) is 15.5 Å². The van der Waals surface area contributed by atoms with Gasteiger partial charge in [-0.05, 0) is 60.5 Å². The average Bonchev–Trinajstić information content (AvgIpc) is 2.53. The minimum atomic E-state index is -3.88. The molecule has 0 bridgehead atoms. The quantitative estimate of drug-likeness (QED) is 0.784. The van der Waals surface area contributed by atoms with Crippen LogP contribution in [-0.2, 0) is 9.84 Å². The van der Waals surface area contributed by atoms with E-state index in [9.17, 15) is 13.7 Å². The highest BCUT2D eigenvalue weighted by Crippen LogP contribution is 2.25. The van der Waals surface area contributed by atoms with Crippen LogP contribution >= 0.6 is 11.6 Å². The standard InChI is InChI=1S/C17H14ClNO3S/c1-12-9-13(3-8-17(12)22-2)10-16(11-19)23(20,21)15-6-4-14(18)5-7-15/h3-10H,1-2H3/b16-10+. The third-order valence-corrected chi connectivity index (χ3v) is 5.17. The molecule has 118 valence electrons. The van der Waals surface area contributed by atoms with Gasteiger partial charge in [0.15, 0.2) is 0 Å². The number of benzene rings is 2. The highest BCUT2D eigenvalue weighted by molar-refractivity contribution is 7.95. The maximum absolute atomic E-state index is 12.5. The van der Waals surface area contributed by atoms with Crippen molar-refractivity contribution in [3.05, 3.63) is 63.5 Å². The van der Waals surface area contributed by atoms with E-state index in [1.54, 1.807) is 31.4 Å². The van der Waals surface area contributed by atoms with Crippen LogP contribution in [0.4, 0.5) is 0 Å². The van der Waals surface area contributed by atoms with Crippen LogP contribution in [0.25, 0.3) is 6.08 Å². The molecule has 2 aromatic rings. The second kappa shape index (κ2) is 6.86. The lowest BCUT2D eigenvalue weighted by Gasteiger charge is -2.06. The number of methoxy groups -OCH3 is 1. The van der Waals surface area contributed by atoms with Crippen LogP contribution in [0, 0.1) is 18.3 Å². The Morgan fingerprint density at radius 3 is 2.39 bits per heavy atom. The molecule has 0 saturated carbocycles. The van der Waals surface area contributed by atoms with Gasteiger partial charge in [-0.3, -0.25) is 0 Å². The zero-order chi connectivity index (χ0) is 17.0. The van der Waals surface area contributed by atoms with Gasteiger partial charge >= 0.3 is 0 Å². The Labute approximate surface area is 140 Å². The van der Waals surface area contributed by atoms with E-state index in [1.807, 2.05) is 6.92 Å². The van der Waals surface area contributed by atoms with Crippen molar-refractivity contribution in [3.63, 3.8) is 0 Å². The highest BCUT2D eigenvalue weighted by atomic mass is 35.5. The summed E-state index contributed by atoms with van der Waals surface area (Å²) in [7, 11) is -2.33. The Bertz CT molecular complexity index is 894. The molecule has 23 heavy (non-hydrogen) atoms. The summed E-state index contributed by atoms with van der Waals surface area (Å²) in [5, 5.41) is 9.69. The molecule has 0 heterocycles. The van der Waals surface area contributed by atoms with E-state index in [2.05, 4.69) is 0 Å². The normalized spacial score (nSPS) is 11.8. The smallest absolute Gasteiger partial charge is 0.216 e. The van der Waals surface area contributed by atoms with Crippen molar-refractivity contribution in [1.29, 1.82) is 5.26 Å². The molecule has 0 saturated heterocycles. The van der Waals surface area contributed by atoms with E-state index < -0.39 is 9.84 Å². The van der Waals surface area contributed by atoms with E-state index >= 15 is 0 Å². The summed E-state index contributed by atoms with van der Waals surface area (Å²) in [5.74, 6) is 0.696. The molecule has 0 aliphatic heterocycles. The number of allylic oxidation sites excluding steroid dienone is 1. The molecule has 0 aliphatic rings. The molecule has 2 rings (SSSR count). The monoisotopic (exact) mass is 347 g/mol. The fourth-order valence-corrected chi connectivity index (χ4v) is 3.34. The highest BCUT2D eigenvalue weighted by Gasteiger charge is 2.20. The minimum Gasteiger partial charge on any atom is -0.496 e. The van der Waals surface area contributed by atoms with Gasteiger partial charge < -0.3 is 4.74 Å². The molecule has 0 radical (unpaired) electrons. The molecule has 0 amide bonds. The van der Waals surface area contributed by atoms with E-state index in [0.29, 0.717) is 16.3 Å². The van der Waals surface area contributed by atoms with E-state index in [-0.39, 0.29) is 9.80 Å². The molecule has 0 aromatic heterocycles.